The molecule has 5 rings (SSSR count). The first kappa shape index (κ1) is 34.1. The van der Waals surface area contributed by atoms with Crippen LogP contribution in [0.2, 0.25) is 0 Å². The molecule has 250 valence electrons. The van der Waals surface area contributed by atoms with Gasteiger partial charge in [-0.3, -0.25) is 0 Å². The molecule has 0 radical (unpaired) electrons. The van der Waals surface area contributed by atoms with Gasteiger partial charge in [0.15, 0.2) is 6.29 Å². The second-order valence-corrected chi connectivity index (χ2v) is 17.0. The third-order valence-corrected chi connectivity index (χ3v) is 13.8. The third-order valence-electron chi connectivity index (χ3n) is 13.8. The molecule has 0 spiro atoms. The van der Waals surface area contributed by atoms with E-state index in [0.717, 1.165) is 37.7 Å². The topological polar surface area (TPSA) is 94.5 Å². The van der Waals surface area contributed by atoms with E-state index in [-0.39, 0.29) is 51.5 Å². The van der Waals surface area contributed by atoms with E-state index in [2.05, 4.69) is 40.7 Å². The van der Waals surface area contributed by atoms with E-state index in [1.807, 2.05) is 27.7 Å². The number of methoxy groups -OCH3 is 2. The van der Waals surface area contributed by atoms with E-state index in [1.165, 1.54) is 5.57 Å². The van der Waals surface area contributed by atoms with Crippen LogP contribution in [0.25, 0.3) is 0 Å². The standard InChI is InChI=1S/C37H60O7/c1-21(2)18-30(40)43-29-15-17-36(8)26-14-16-35(7)23(22-19-24(38)31(34(5,6)42-11)44-32(22)41-10)12-13-25(35)37(26,9)28(39)20-27(36)33(29,3)4/h13,18,22-24,26-29,31-32,38-39H,12,14-17,19-20H2,1-11H3/t22-,23-,24+,26+,27-,28+,29+,31-,32-,35-,36+,37-/m0/s1. The Kier molecular flexibility index (Phi) is 8.89. The number of esters is 1. The number of allylic oxidation sites excluding steroid dienone is 2. The van der Waals surface area contributed by atoms with Gasteiger partial charge >= 0.3 is 5.97 Å². The van der Waals surface area contributed by atoms with E-state index in [9.17, 15) is 15.0 Å². The summed E-state index contributed by atoms with van der Waals surface area (Å²) in [6, 6.07) is 0. The molecule has 2 N–H and O–H groups in total. The molecule has 1 saturated heterocycles. The van der Waals surface area contributed by atoms with Crippen molar-refractivity contribution in [2.24, 2.45) is 45.3 Å². The summed E-state index contributed by atoms with van der Waals surface area (Å²) in [5.41, 5.74) is 1.02. The van der Waals surface area contributed by atoms with Gasteiger partial charge in [0.05, 0.1) is 17.8 Å². The van der Waals surface area contributed by atoms with Crippen LogP contribution in [-0.2, 0) is 23.7 Å². The quantitative estimate of drug-likeness (QED) is 0.197. The third kappa shape index (κ3) is 5.06. The number of hydrogen-bond donors (Lipinski definition) is 2. The van der Waals surface area contributed by atoms with Crippen LogP contribution in [0.1, 0.15) is 107 Å². The highest BCUT2D eigenvalue weighted by molar-refractivity contribution is 5.82. The van der Waals surface area contributed by atoms with Crippen molar-refractivity contribution in [3.63, 3.8) is 0 Å². The monoisotopic (exact) mass is 616 g/mol. The van der Waals surface area contributed by atoms with E-state index in [1.54, 1.807) is 20.3 Å². The molecule has 0 bridgehead atoms. The fourth-order valence-corrected chi connectivity index (χ4v) is 11.4. The average Bonchev–Trinajstić information content (AvgIpc) is 3.29. The molecule has 0 unspecified atom stereocenters. The van der Waals surface area contributed by atoms with Crippen LogP contribution in [-0.4, -0.2) is 66.7 Å². The largest absolute Gasteiger partial charge is 0.459 e. The highest BCUT2D eigenvalue weighted by Gasteiger charge is 2.69. The molecule has 0 amide bonds. The predicted octanol–water partition coefficient (Wildman–Crippen LogP) is 6.60. The van der Waals surface area contributed by atoms with Gasteiger partial charge < -0.3 is 29.2 Å². The van der Waals surface area contributed by atoms with Gasteiger partial charge in [-0.05, 0) is 101 Å². The Morgan fingerprint density at radius 2 is 1.70 bits per heavy atom. The van der Waals surface area contributed by atoms with Crippen molar-refractivity contribution < 1.29 is 34.0 Å². The Balaban J connectivity index is 1.41. The highest BCUT2D eigenvalue weighted by Crippen LogP contribution is 2.73. The molecule has 0 aromatic carbocycles. The van der Waals surface area contributed by atoms with E-state index in [4.69, 9.17) is 18.9 Å². The Hall–Kier alpha value is -1.25. The summed E-state index contributed by atoms with van der Waals surface area (Å²) in [4.78, 5) is 12.7. The van der Waals surface area contributed by atoms with Crippen LogP contribution < -0.4 is 0 Å². The van der Waals surface area contributed by atoms with Gasteiger partial charge in [-0.25, -0.2) is 4.79 Å². The number of ether oxygens (including phenoxy) is 4. The van der Waals surface area contributed by atoms with Crippen molar-refractivity contribution in [2.75, 3.05) is 14.2 Å². The zero-order valence-electron chi connectivity index (χ0n) is 29.2. The molecule has 0 aromatic heterocycles. The second-order valence-electron chi connectivity index (χ2n) is 17.0. The number of aliphatic hydroxyl groups is 2. The summed E-state index contributed by atoms with van der Waals surface area (Å²) in [7, 11) is 3.36. The molecule has 4 aliphatic carbocycles. The van der Waals surface area contributed by atoms with Gasteiger partial charge in [-0.15, -0.1) is 0 Å². The summed E-state index contributed by atoms with van der Waals surface area (Å²) in [6.45, 7) is 19.4. The first-order valence-electron chi connectivity index (χ1n) is 17.0. The normalized spacial score (nSPS) is 46.7. The van der Waals surface area contributed by atoms with Crippen LogP contribution in [0.5, 0.6) is 0 Å². The number of hydrogen-bond acceptors (Lipinski definition) is 7. The molecule has 0 aromatic rings. The van der Waals surface area contributed by atoms with Gasteiger partial charge in [0, 0.05) is 37.0 Å². The second kappa shape index (κ2) is 11.5. The van der Waals surface area contributed by atoms with Gasteiger partial charge in [0.2, 0.25) is 0 Å². The summed E-state index contributed by atoms with van der Waals surface area (Å²) >= 11 is 0. The fraction of sp³-hybridized carbons (Fsp3) is 0.865. The molecule has 1 heterocycles. The lowest BCUT2D eigenvalue weighted by Gasteiger charge is -2.68. The molecule has 4 fully saturated rings. The minimum atomic E-state index is -0.649. The van der Waals surface area contributed by atoms with Crippen LogP contribution >= 0.6 is 0 Å². The lowest BCUT2D eigenvalue weighted by molar-refractivity contribution is -0.288. The fourth-order valence-electron chi connectivity index (χ4n) is 11.4. The number of carbonyl (C=O) groups excluding carboxylic acids is 1. The Labute approximate surface area is 266 Å². The molecular formula is C37H60O7. The van der Waals surface area contributed by atoms with E-state index < -0.39 is 30.2 Å². The SMILES string of the molecule is CO[C@H]1O[C@H](C(C)(C)OC)[C@H](O)C[C@H]1[C@@H]1CC=C2[C@]3(C)[C@H](O)C[C@H]4C(C)(C)[C@H](OC(=O)C=C(C)C)CC[C@]4(C)[C@H]3CC[C@]21C. The maximum absolute atomic E-state index is 12.7. The lowest BCUT2D eigenvalue weighted by Crippen LogP contribution is -2.66. The van der Waals surface area contributed by atoms with E-state index in [0.29, 0.717) is 18.8 Å². The maximum Gasteiger partial charge on any atom is 0.330 e. The Bertz CT molecular complexity index is 1170. The van der Waals surface area contributed by atoms with Crippen molar-refractivity contribution in [3.8, 4) is 0 Å². The highest BCUT2D eigenvalue weighted by atomic mass is 16.7. The average molecular weight is 617 g/mol. The van der Waals surface area contributed by atoms with Gasteiger partial charge in [0.25, 0.3) is 0 Å². The summed E-state index contributed by atoms with van der Waals surface area (Å²) in [5, 5.41) is 23.5. The molecule has 7 heteroatoms. The molecular weight excluding hydrogens is 556 g/mol. The smallest absolute Gasteiger partial charge is 0.330 e. The van der Waals surface area contributed by atoms with Crippen molar-refractivity contribution in [3.05, 3.63) is 23.3 Å². The van der Waals surface area contributed by atoms with Gasteiger partial charge in [-0.1, -0.05) is 51.8 Å². The van der Waals surface area contributed by atoms with Crippen LogP contribution in [0, 0.1) is 45.3 Å². The summed E-state index contributed by atoms with van der Waals surface area (Å²) in [5.74, 6) is 0.595. The maximum atomic E-state index is 12.7. The molecule has 1 aliphatic heterocycles. The van der Waals surface area contributed by atoms with Gasteiger partial charge in [0.1, 0.15) is 12.2 Å². The van der Waals surface area contributed by atoms with Crippen molar-refractivity contribution in [1.82, 2.24) is 0 Å². The van der Waals surface area contributed by atoms with Crippen LogP contribution in [0.15, 0.2) is 23.3 Å². The van der Waals surface area contributed by atoms with Crippen molar-refractivity contribution in [2.45, 2.75) is 144 Å². The van der Waals surface area contributed by atoms with Crippen molar-refractivity contribution in [1.29, 1.82) is 0 Å². The number of fused-ring (bicyclic) bond motifs is 5. The zero-order chi connectivity index (χ0) is 32.6. The number of aliphatic hydroxyl groups excluding tert-OH is 2. The Morgan fingerprint density at radius 1 is 1.02 bits per heavy atom. The number of rotatable bonds is 6. The van der Waals surface area contributed by atoms with Crippen molar-refractivity contribution >= 4 is 5.97 Å². The van der Waals surface area contributed by atoms with Crippen LogP contribution in [0.4, 0.5) is 0 Å². The van der Waals surface area contributed by atoms with Crippen LogP contribution in [0.3, 0.4) is 0 Å². The Morgan fingerprint density at radius 3 is 2.32 bits per heavy atom. The zero-order valence-corrected chi connectivity index (χ0v) is 29.2. The summed E-state index contributed by atoms with van der Waals surface area (Å²) in [6.07, 6.45) is 7.92. The first-order chi connectivity index (χ1) is 20.4. The molecule has 12 atom stereocenters. The molecule has 3 saturated carbocycles. The lowest BCUT2D eigenvalue weighted by atomic mass is 9.37. The predicted molar refractivity (Wildman–Crippen MR) is 171 cm³/mol. The molecule has 5 aliphatic rings. The molecule has 7 nitrogen and oxygen atoms in total. The minimum absolute atomic E-state index is 0.0231. The summed E-state index contributed by atoms with van der Waals surface area (Å²) < 4.78 is 24.2. The first-order valence-corrected chi connectivity index (χ1v) is 17.0. The minimum Gasteiger partial charge on any atom is -0.459 e. The number of carbonyl (C=O) groups is 1. The molecule has 44 heavy (non-hydrogen) atoms. The van der Waals surface area contributed by atoms with E-state index >= 15 is 0 Å². The van der Waals surface area contributed by atoms with Gasteiger partial charge in [-0.2, -0.15) is 0 Å².